The molecule has 1 unspecified atom stereocenters. The summed E-state index contributed by atoms with van der Waals surface area (Å²) in [5.41, 5.74) is 0.0170. The smallest absolute Gasteiger partial charge is 0.308 e. The molecule has 1 aromatic rings. The van der Waals surface area contributed by atoms with Crippen molar-refractivity contribution in [3.8, 4) is 0 Å². The molecule has 1 rings (SSSR count). The van der Waals surface area contributed by atoms with Crippen molar-refractivity contribution in [3.63, 3.8) is 0 Å². The number of thiazole rings is 1. The molecule has 0 saturated heterocycles. The zero-order valence-corrected chi connectivity index (χ0v) is 10.2. The number of alkyl halides is 5. The third-order valence-electron chi connectivity index (χ3n) is 1.96. The van der Waals surface area contributed by atoms with Crippen molar-refractivity contribution in [2.24, 2.45) is 0 Å². The van der Waals surface area contributed by atoms with Crippen molar-refractivity contribution in [2.45, 2.75) is 24.8 Å². The first-order valence-electron chi connectivity index (χ1n) is 4.75. The van der Waals surface area contributed by atoms with Crippen molar-refractivity contribution in [2.75, 3.05) is 6.61 Å². The number of hydrogen-bond donors (Lipinski definition) is 0. The molecular formula is C8H8F5N2O3S+. The van der Waals surface area contributed by atoms with E-state index in [0.29, 0.717) is 0 Å². The van der Waals surface area contributed by atoms with E-state index in [-0.39, 0.29) is 11.4 Å². The monoisotopic (exact) mass is 307 g/mol. The molecule has 0 spiro atoms. The van der Waals surface area contributed by atoms with Gasteiger partial charge in [-0.05, 0) is 6.92 Å². The molecule has 0 amide bonds. The molecule has 108 valence electrons. The highest BCUT2D eigenvalue weighted by molar-refractivity contribution is 7.29. The van der Waals surface area contributed by atoms with Gasteiger partial charge in [0.1, 0.15) is 6.61 Å². The Morgan fingerprint density at radius 1 is 1.42 bits per heavy atom. The van der Waals surface area contributed by atoms with Crippen LogP contribution in [0.2, 0.25) is 0 Å². The van der Waals surface area contributed by atoms with Gasteiger partial charge in [0, 0.05) is 10.5 Å². The lowest BCUT2D eigenvalue weighted by Crippen LogP contribution is -2.34. The number of hydrogen-bond acceptors (Lipinski definition) is 4. The summed E-state index contributed by atoms with van der Waals surface area (Å²) in [5, 5.41) is 8.54. The van der Waals surface area contributed by atoms with Crippen LogP contribution in [0.4, 0.5) is 22.0 Å². The van der Waals surface area contributed by atoms with Gasteiger partial charge in [-0.3, -0.25) is 0 Å². The minimum atomic E-state index is -5.75. The second-order valence-electron chi connectivity index (χ2n) is 3.44. The van der Waals surface area contributed by atoms with Crippen molar-refractivity contribution in [1.29, 1.82) is 0 Å². The Bertz CT molecular complexity index is 473. The quantitative estimate of drug-likeness (QED) is 0.363. The lowest BCUT2D eigenvalue weighted by atomic mass is 10.3. The Balaban J connectivity index is 2.99. The Morgan fingerprint density at radius 3 is 2.47 bits per heavy atom. The van der Waals surface area contributed by atoms with Crippen LogP contribution in [0.1, 0.15) is 10.7 Å². The van der Waals surface area contributed by atoms with Gasteiger partial charge in [0.05, 0.1) is 5.69 Å². The third kappa shape index (κ3) is 3.49. The van der Waals surface area contributed by atoms with E-state index in [1.807, 2.05) is 0 Å². The largest absolute Gasteiger partial charge is 0.465 e. The average molecular weight is 307 g/mol. The fourth-order valence-electron chi connectivity index (χ4n) is 1.22. The molecule has 1 heterocycles. The van der Waals surface area contributed by atoms with Crippen LogP contribution in [0.5, 0.6) is 0 Å². The molecule has 0 N–H and O–H groups in total. The normalized spacial score (nSPS) is 13.5. The highest BCUT2D eigenvalue weighted by Gasteiger charge is 2.65. The molecule has 0 aromatic carbocycles. The van der Waals surface area contributed by atoms with E-state index in [9.17, 15) is 32.1 Å². The van der Waals surface area contributed by atoms with Crippen molar-refractivity contribution in [3.05, 3.63) is 26.2 Å². The Hall–Kier alpha value is -1.52. The number of rotatable bonds is 5. The topological polar surface area (TPSA) is 65.3 Å². The van der Waals surface area contributed by atoms with E-state index in [1.54, 1.807) is 0 Å². The second kappa shape index (κ2) is 5.23. The standard InChI is InChI=1S/C8H8F5N2O3S/c1-5-4-19(3-2-18-15(16)17)6(14-5)7(9,10)8(11,12)13/h4H,2-3H2,1H3/q+1. The van der Waals surface area contributed by atoms with Gasteiger partial charge in [0.25, 0.3) is 5.09 Å². The maximum Gasteiger partial charge on any atom is 0.465 e. The fourth-order valence-corrected chi connectivity index (χ4v) is 3.07. The van der Waals surface area contributed by atoms with Crippen LogP contribution in [-0.2, 0) is 16.5 Å². The molecule has 0 aliphatic heterocycles. The molecular weight excluding hydrogens is 299 g/mol. The molecule has 0 saturated carbocycles. The van der Waals surface area contributed by atoms with E-state index in [4.69, 9.17) is 0 Å². The summed E-state index contributed by atoms with van der Waals surface area (Å²) in [6.45, 7) is 0.695. The Morgan fingerprint density at radius 2 is 2.00 bits per heavy atom. The van der Waals surface area contributed by atoms with Crippen molar-refractivity contribution >= 4 is 10.5 Å². The van der Waals surface area contributed by atoms with E-state index in [2.05, 4.69) is 9.82 Å². The third-order valence-corrected chi connectivity index (χ3v) is 4.04. The molecule has 0 fully saturated rings. The fraction of sp³-hybridized carbons (Fsp3) is 0.625. The van der Waals surface area contributed by atoms with Gasteiger partial charge in [-0.15, -0.1) is 10.1 Å². The minimum Gasteiger partial charge on any atom is -0.308 e. The van der Waals surface area contributed by atoms with Crippen LogP contribution >= 0.6 is 10.5 Å². The summed E-state index contributed by atoms with van der Waals surface area (Å²) in [4.78, 5) is 17.0. The van der Waals surface area contributed by atoms with Crippen LogP contribution in [0.3, 0.4) is 0 Å². The molecule has 5 nitrogen and oxygen atoms in total. The molecule has 1 atom stereocenters. The first-order chi connectivity index (χ1) is 8.55. The van der Waals surface area contributed by atoms with E-state index in [1.165, 1.54) is 6.92 Å². The second-order valence-corrected chi connectivity index (χ2v) is 5.33. The van der Waals surface area contributed by atoms with E-state index < -0.39 is 39.3 Å². The van der Waals surface area contributed by atoms with Crippen LogP contribution in [0.15, 0.2) is 5.38 Å². The van der Waals surface area contributed by atoms with Gasteiger partial charge < -0.3 is 4.84 Å². The summed E-state index contributed by atoms with van der Waals surface area (Å²) in [6.07, 6.45) is -5.75. The predicted octanol–water partition coefficient (Wildman–Crippen LogP) is 3.00. The van der Waals surface area contributed by atoms with Crippen molar-refractivity contribution in [1.82, 2.24) is 4.98 Å². The zero-order valence-electron chi connectivity index (χ0n) is 9.41. The molecule has 11 heteroatoms. The molecule has 19 heavy (non-hydrogen) atoms. The summed E-state index contributed by atoms with van der Waals surface area (Å²) >= 11 is 0. The lowest BCUT2D eigenvalue weighted by Gasteiger charge is -2.14. The average Bonchev–Trinajstić information content (AvgIpc) is 2.58. The number of aryl methyl sites for hydroxylation is 1. The summed E-state index contributed by atoms with van der Waals surface area (Å²) in [7, 11) is -1.64. The van der Waals surface area contributed by atoms with Gasteiger partial charge >= 0.3 is 17.1 Å². The van der Waals surface area contributed by atoms with Crippen molar-refractivity contribution < 1.29 is 31.9 Å². The maximum atomic E-state index is 13.2. The molecule has 0 bridgehead atoms. The number of aromatic nitrogens is 1. The molecule has 0 radical (unpaired) electrons. The zero-order chi connectivity index (χ0) is 14.8. The van der Waals surface area contributed by atoms with E-state index in [0.717, 1.165) is 5.38 Å². The van der Waals surface area contributed by atoms with Gasteiger partial charge in [-0.25, -0.2) is 0 Å². The molecule has 1 aromatic heterocycles. The van der Waals surface area contributed by atoms with E-state index >= 15 is 0 Å². The number of nitrogens with zero attached hydrogens (tertiary/aromatic N) is 2. The molecule has 0 aliphatic carbocycles. The first-order valence-corrected chi connectivity index (χ1v) is 6.20. The maximum absolute atomic E-state index is 13.2. The van der Waals surface area contributed by atoms with Gasteiger partial charge in [0.15, 0.2) is 11.1 Å². The Kier molecular flexibility index (Phi) is 4.28. The highest BCUT2D eigenvalue weighted by atomic mass is 32.2. The van der Waals surface area contributed by atoms with Crippen LogP contribution < -0.4 is 0 Å². The SMILES string of the molecule is Cc1c[s+](CCO[N+](=O)[O-])c(C(F)(F)C(F)(F)F)n1. The summed E-state index contributed by atoms with van der Waals surface area (Å²) in [5.74, 6) is -5.41. The van der Waals surface area contributed by atoms with Gasteiger partial charge in [-0.2, -0.15) is 26.9 Å². The van der Waals surface area contributed by atoms with Crippen LogP contribution in [0.25, 0.3) is 0 Å². The molecule has 0 aliphatic rings. The number of halogens is 5. The van der Waals surface area contributed by atoms with Crippen LogP contribution in [0, 0.1) is 17.0 Å². The summed E-state index contributed by atoms with van der Waals surface area (Å²) < 4.78 is 63.1. The predicted molar refractivity (Wildman–Crippen MR) is 54.3 cm³/mol. The van der Waals surface area contributed by atoms with Gasteiger partial charge in [0.2, 0.25) is 0 Å². The first kappa shape index (κ1) is 15.5. The van der Waals surface area contributed by atoms with Crippen LogP contribution in [-0.4, -0.2) is 22.9 Å². The lowest BCUT2D eigenvalue weighted by molar-refractivity contribution is -0.757. The minimum absolute atomic E-state index is 0.0170. The highest BCUT2D eigenvalue weighted by Crippen LogP contribution is 2.48. The Labute approximate surface area is 106 Å². The van der Waals surface area contributed by atoms with Gasteiger partial charge in [-0.1, -0.05) is 0 Å². The summed E-state index contributed by atoms with van der Waals surface area (Å²) in [6, 6.07) is 0.